The number of fused-ring (bicyclic) bond motifs is 3. The minimum absolute atomic E-state index is 0.0298. The second-order valence-corrected chi connectivity index (χ2v) is 6.71. The summed E-state index contributed by atoms with van der Waals surface area (Å²) in [6.07, 6.45) is 1.65. The van der Waals surface area contributed by atoms with Crippen LogP contribution in [0.15, 0.2) is 28.2 Å². The SMILES string of the molecule is COc1cc2c(cc1Br)-c1c(c(C(=O)O)nn1-c1nccs1)CO2. The van der Waals surface area contributed by atoms with Gasteiger partial charge in [-0.25, -0.2) is 14.5 Å². The normalized spacial score (nSPS) is 12.2. The zero-order valence-electron chi connectivity index (χ0n) is 12.3. The summed E-state index contributed by atoms with van der Waals surface area (Å²) in [5.41, 5.74) is 1.91. The van der Waals surface area contributed by atoms with Crippen molar-refractivity contribution in [2.24, 2.45) is 0 Å². The van der Waals surface area contributed by atoms with Crippen LogP contribution < -0.4 is 9.47 Å². The molecule has 0 radical (unpaired) electrons. The summed E-state index contributed by atoms with van der Waals surface area (Å²) in [5, 5.41) is 16.1. The van der Waals surface area contributed by atoms with Gasteiger partial charge in [0.1, 0.15) is 18.1 Å². The first-order valence-electron chi connectivity index (χ1n) is 6.86. The minimum Gasteiger partial charge on any atom is -0.495 e. The molecule has 0 spiro atoms. The number of nitrogens with zero attached hydrogens (tertiary/aromatic N) is 3. The van der Waals surface area contributed by atoms with E-state index < -0.39 is 5.97 Å². The third kappa shape index (κ3) is 2.20. The summed E-state index contributed by atoms with van der Waals surface area (Å²) in [5.74, 6) is 0.148. The number of hydrogen-bond acceptors (Lipinski definition) is 6. The molecule has 0 saturated heterocycles. The summed E-state index contributed by atoms with van der Waals surface area (Å²) in [6, 6.07) is 3.60. The Kier molecular flexibility index (Phi) is 3.54. The lowest BCUT2D eigenvalue weighted by atomic mass is 10.0. The number of carboxylic acids is 1. The van der Waals surface area contributed by atoms with Gasteiger partial charge in [-0.1, -0.05) is 0 Å². The molecule has 1 aliphatic heterocycles. The molecule has 0 unspecified atom stereocenters. The van der Waals surface area contributed by atoms with Gasteiger partial charge in [0.05, 0.1) is 22.8 Å². The molecule has 3 aromatic rings. The van der Waals surface area contributed by atoms with E-state index >= 15 is 0 Å². The Balaban J connectivity index is 2.02. The second kappa shape index (κ2) is 5.60. The molecule has 0 aliphatic carbocycles. The summed E-state index contributed by atoms with van der Waals surface area (Å²) in [6.45, 7) is 0.125. The van der Waals surface area contributed by atoms with Crippen LogP contribution in [0.3, 0.4) is 0 Å². The maximum atomic E-state index is 11.6. The van der Waals surface area contributed by atoms with Crippen molar-refractivity contribution in [1.29, 1.82) is 0 Å². The highest BCUT2D eigenvalue weighted by atomic mass is 79.9. The van der Waals surface area contributed by atoms with E-state index in [2.05, 4.69) is 26.0 Å². The van der Waals surface area contributed by atoms with Crippen molar-refractivity contribution >= 4 is 33.2 Å². The van der Waals surface area contributed by atoms with E-state index in [1.54, 1.807) is 24.1 Å². The lowest BCUT2D eigenvalue weighted by Crippen LogP contribution is -2.10. The molecule has 0 fully saturated rings. The van der Waals surface area contributed by atoms with Crippen LogP contribution in [-0.2, 0) is 6.61 Å². The Morgan fingerprint density at radius 1 is 1.50 bits per heavy atom. The Morgan fingerprint density at radius 3 is 3.00 bits per heavy atom. The van der Waals surface area contributed by atoms with Crippen LogP contribution >= 0.6 is 27.3 Å². The molecule has 24 heavy (non-hydrogen) atoms. The van der Waals surface area contributed by atoms with Crippen LogP contribution in [-0.4, -0.2) is 33.0 Å². The van der Waals surface area contributed by atoms with Crippen LogP contribution in [0.1, 0.15) is 16.1 Å². The quantitative estimate of drug-likeness (QED) is 0.716. The lowest BCUT2D eigenvalue weighted by Gasteiger charge is -2.20. The molecule has 0 atom stereocenters. The van der Waals surface area contributed by atoms with Crippen LogP contribution in [0, 0.1) is 0 Å². The zero-order valence-corrected chi connectivity index (χ0v) is 14.7. The largest absolute Gasteiger partial charge is 0.495 e. The number of hydrogen-bond donors (Lipinski definition) is 1. The standard InChI is InChI=1S/C15H10BrN3O4S/c1-22-11-5-10-7(4-9(11)16)13-8(6-23-10)12(14(20)21)18-19(13)15-17-2-3-24-15/h2-5H,6H2,1H3,(H,20,21). The fourth-order valence-electron chi connectivity index (χ4n) is 2.64. The maximum absolute atomic E-state index is 11.6. The van der Waals surface area contributed by atoms with Crippen molar-refractivity contribution in [3.63, 3.8) is 0 Å². The fourth-order valence-corrected chi connectivity index (χ4v) is 3.74. The van der Waals surface area contributed by atoms with Crippen LogP contribution in [0.25, 0.3) is 16.4 Å². The van der Waals surface area contributed by atoms with Crippen LogP contribution in [0.4, 0.5) is 0 Å². The van der Waals surface area contributed by atoms with Crippen molar-refractivity contribution in [3.8, 4) is 27.9 Å². The average Bonchev–Trinajstić information content (AvgIpc) is 3.21. The van der Waals surface area contributed by atoms with Gasteiger partial charge in [-0.2, -0.15) is 5.10 Å². The number of aromatic carboxylic acids is 1. The minimum atomic E-state index is -1.10. The molecule has 0 bridgehead atoms. The number of thiazole rings is 1. The van der Waals surface area contributed by atoms with Crippen molar-refractivity contribution < 1.29 is 19.4 Å². The molecular weight excluding hydrogens is 398 g/mol. The number of aromatic nitrogens is 3. The van der Waals surface area contributed by atoms with Gasteiger partial charge in [0.25, 0.3) is 0 Å². The first kappa shape index (κ1) is 15.2. The number of carboxylic acid groups (broad SMARTS) is 1. The zero-order chi connectivity index (χ0) is 16.8. The number of halogens is 1. The van der Waals surface area contributed by atoms with E-state index in [9.17, 15) is 9.90 Å². The van der Waals surface area contributed by atoms with Gasteiger partial charge < -0.3 is 14.6 Å². The molecule has 122 valence electrons. The monoisotopic (exact) mass is 407 g/mol. The average molecular weight is 408 g/mol. The molecule has 0 amide bonds. The molecule has 2 aromatic heterocycles. The second-order valence-electron chi connectivity index (χ2n) is 4.98. The molecule has 1 N–H and O–H groups in total. The highest BCUT2D eigenvalue weighted by Crippen LogP contribution is 2.44. The number of rotatable bonds is 3. The van der Waals surface area contributed by atoms with Gasteiger partial charge in [0.15, 0.2) is 5.69 Å². The highest BCUT2D eigenvalue weighted by Gasteiger charge is 2.31. The summed E-state index contributed by atoms with van der Waals surface area (Å²) < 4.78 is 13.3. The van der Waals surface area contributed by atoms with E-state index in [1.165, 1.54) is 11.3 Å². The predicted molar refractivity (Wildman–Crippen MR) is 90.2 cm³/mol. The summed E-state index contributed by atoms with van der Waals surface area (Å²) in [7, 11) is 1.57. The van der Waals surface area contributed by atoms with Crippen molar-refractivity contribution in [1.82, 2.24) is 14.8 Å². The first-order valence-corrected chi connectivity index (χ1v) is 8.53. The number of ether oxygens (including phenoxy) is 2. The molecule has 0 saturated carbocycles. The summed E-state index contributed by atoms with van der Waals surface area (Å²) in [4.78, 5) is 15.8. The predicted octanol–water partition coefficient (Wildman–Crippen LogP) is 3.36. The molecule has 3 heterocycles. The maximum Gasteiger partial charge on any atom is 0.356 e. The van der Waals surface area contributed by atoms with Gasteiger partial charge >= 0.3 is 5.97 Å². The van der Waals surface area contributed by atoms with E-state index in [0.29, 0.717) is 27.9 Å². The van der Waals surface area contributed by atoms with E-state index in [1.807, 2.05) is 11.4 Å². The highest BCUT2D eigenvalue weighted by molar-refractivity contribution is 9.10. The number of benzene rings is 1. The van der Waals surface area contributed by atoms with Gasteiger partial charge in [0.2, 0.25) is 5.13 Å². The van der Waals surface area contributed by atoms with Gasteiger partial charge in [-0.3, -0.25) is 0 Å². The topological polar surface area (TPSA) is 86.5 Å². The van der Waals surface area contributed by atoms with Gasteiger partial charge in [-0.05, 0) is 22.0 Å². The molecule has 1 aromatic carbocycles. The molecular formula is C15H10BrN3O4S. The van der Waals surface area contributed by atoms with E-state index in [0.717, 1.165) is 10.0 Å². The van der Waals surface area contributed by atoms with Crippen LogP contribution in [0.5, 0.6) is 11.5 Å². The van der Waals surface area contributed by atoms with Crippen LogP contribution in [0.2, 0.25) is 0 Å². The molecule has 7 nitrogen and oxygen atoms in total. The summed E-state index contributed by atoms with van der Waals surface area (Å²) >= 11 is 4.84. The Morgan fingerprint density at radius 2 is 2.33 bits per heavy atom. The third-order valence-corrected chi connectivity index (χ3v) is 5.03. The molecule has 9 heteroatoms. The fraction of sp³-hybridized carbons (Fsp3) is 0.133. The van der Waals surface area contributed by atoms with E-state index in [-0.39, 0.29) is 12.3 Å². The number of carbonyl (C=O) groups is 1. The Hall–Kier alpha value is -2.39. The molecule has 1 aliphatic rings. The van der Waals surface area contributed by atoms with Crippen molar-refractivity contribution in [3.05, 3.63) is 39.4 Å². The van der Waals surface area contributed by atoms with Gasteiger partial charge in [0, 0.05) is 23.2 Å². The third-order valence-electron chi connectivity index (χ3n) is 3.67. The smallest absolute Gasteiger partial charge is 0.356 e. The molecule has 4 rings (SSSR count). The van der Waals surface area contributed by atoms with Crippen molar-refractivity contribution in [2.45, 2.75) is 6.61 Å². The van der Waals surface area contributed by atoms with Gasteiger partial charge in [-0.15, -0.1) is 11.3 Å². The van der Waals surface area contributed by atoms with Crippen molar-refractivity contribution in [2.75, 3.05) is 7.11 Å². The van der Waals surface area contributed by atoms with E-state index in [4.69, 9.17) is 9.47 Å². The Labute approximate surface area is 148 Å². The number of methoxy groups -OCH3 is 1. The lowest BCUT2D eigenvalue weighted by molar-refractivity contribution is 0.0687. The first-order chi connectivity index (χ1) is 11.6. The Bertz CT molecular complexity index is 952.